The summed E-state index contributed by atoms with van der Waals surface area (Å²) in [4.78, 5) is 28.5. The molecule has 0 aliphatic heterocycles. The van der Waals surface area contributed by atoms with Gasteiger partial charge in [0.05, 0.1) is 6.42 Å². The number of rotatable bonds is 8. The number of benzene rings is 2. The Morgan fingerprint density at radius 1 is 1.03 bits per heavy atom. The highest BCUT2D eigenvalue weighted by molar-refractivity contribution is 5.88. The molecule has 2 amide bonds. The third-order valence-corrected chi connectivity index (χ3v) is 6.38. The van der Waals surface area contributed by atoms with E-state index in [1.165, 1.54) is 19.3 Å². The van der Waals surface area contributed by atoms with Crippen LogP contribution < -0.4 is 5.32 Å². The summed E-state index contributed by atoms with van der Waals surface area (Å²) in [5, 5.41) is 3.25. The Labute approximate surface area is 187 Å². The fourth-order valence-electron chi connectivity index (χ4n) is 4.53. The molecule has 3 rings (SSSR count). The second-order valence-electron chi connectivity index (χ2n) is 8.88. The fourth-order valence-corrected chi connectivity index (χ4v) is 4.53. The normalized spacial score (nSPS) is 15.3. The van der Waals surface area contributed by atoms with E-state index < -0.39 is 6.04 Å². The van der Waals surface area contributed by atoms with Gasteiger partial charge in [-0.2, -0.15) is 0 Å². The van der Waals surface area contributed by atoms with Crippen LogP contribution in [0.1, 0.15) is 67.7 Å². The standard InChI is InChI=1S/C27H36N2O2/c1-4-25(27(31)28-24-15-6-5-7-16-24)29(19-23-14-9-8-12-21(23)3)26(30)18-22-13-10-11-20(2)17-22/h8-14,17,24-25H,4-7,15-16,18-19H2,1-3H3,(H,28,31)/t25-/m1/s1. The van der Waals surface area contributed by atoms with Gasteiger partial charge in [0, 0.05) is 12.6 Å². The molecule has 1 saturated carbocycles. The van der Waals surface area contributed by atoms with Gasteiger partial charge in [0.15, 0.2) is 0 Å². The van der Waals surface area contributed by atoms with Crippen molar-refractivity contribution in [3.63, 3.8) is 0 Å². The molecule has 0 saturated heterocycles. The van der Waals surface area contributed by atoms with Gasteiger partial charge in [0.1, 0.15) is 6.04 Å². The monoisotopic (exact) mass is 420 g/mol. The summed E-state index contributed by atoms with van der Waals surface area (Å²) in [5.41, 5.74) is 4.35. The number of carbonyl (C=O) groups excluding carboxylic acids is 2. The van der Waals surface area contributed by atoms with E-state index in [4.69, 9.17) is 0 Å². The van der Waals surface area contributed by atoms with E-state index in [0.29, 0.717) is 19.4 Å². The first kappa shape index (κ1) is 23.1. The molecule has 0 spiro atoms. The van der Waals surface area contributed by atoms with Crippen molar-refractivity contribution < 1.29 is 9.59 Å². The predicted octanol–water partition coefficient (Wildman–Crippen LogP) is 5.10. The lowest BCUT2D eigenvalue weighted by molar-refractivity contribution is -0.141. The molecule has 1 fully saturated rings. The summed E-state index contributed by atoms with van der Waals surface area (Å²) < 4.78 is 0. The van der Waals surface area contributed by atoms with Crippen LogP contribution in [0.2, 0.25) is 0 Å². The first-order valence-corrected chi connectivity index (χ1v) is 11.7. The van der Waals surface area contributed by atoms with Gasteiger partial charge in [-0.1, -0.05) is 80.3 Å². The smallest absolute Gasteiger partial charge is 0.243 e. The van der Waals surface area contributed by atoms with Crippen molar-refractivity contribution in [1.82, 2.24) is 10.2 Å². The molecule has 0 bridgehead atoms. The van der Waals surface area contributed by atoms with E-state index in [0.717, 1.165) is 35.1 Å². The minimum atomic E-state index is -0.459. The topological polar surface area (TPSA) is 49.4 Å². The van der Waals surface area contributed by atoms with Gasteiger partial charge in [-0.3, -0.25) is 9.59 Å². The first-order chi connectivity index (χ1) is 15.0. The zero-order valence-electron chi connectivity index (χ0n) is 19.2. The molecule has 2 aromatic carbocycles. The Hall–Kier alpha value is -2.62. The lowest BCUT2D eigenvalue weighted by atomic mass is 9.95. The van der Waals surface area contributed by atoms with Crippen molar-refractivity contribution >= 4 is 11.8 Å². The molecular weight excluding hydrogens is 384 g/mol. The molecule has 4 heteroatoms. The second kappa shape index (κ2) is 11.1. The number of nitrogens with one attached hydrogen (secondary N) is 1. The second-order valence-corrected chi connectivity index (χ2v) is 8.88. The summed E-state index contributed by atoms with van der Waals surface area (Å²) in [5.74, 6) is -0.0138. The summed E-state index contributed by atoms with van der Waals surface area (Å²) >= 11 is 0. The molecule has 1 N–H and O–H groups in total. The minimum absolute atomic E-state index is 0.000466. The number of hydrogen-bond donors (Lipinski definition) is 1. The van der Waals surface area contributed by atoms with Crippen LogP contribution in [0.4, 0.5) is 0 Å². The molecule has 0 aromatic heterocycles. The van der Waals surface area contributed by atoms with Crippen molar-refractivity contribution in [2.75, 3.05) is 0 Å². The van der Waals surface area contributed by atoms with Gasteiger partial charge in [-0.25, -0.2) is 0 Å². The van der Waals surface area contributed by atoms with Gasteiger partial charge in [0.25, 0.3) is 0 Å². The summed E-state index contributed by atoms with van der Waals surface area (Å²) in [6, 6.07) is 15.9. The fraction of sp³-hybridized carbons (Fsp3) is 0.481. The molecule has 0 radical (unpaired) electrons. The molecule has 0 unspecified atom stereocenters. The Morgan fingerprint density at radius 2 is 1.77 bits per heavy atom. The number of amides is 2. The van der Waals surface area contributed by atoms with Crippen LogP contribution in [0.5, 0.6) is 0 Å². The average molecular weight is 421 g/mol. The van der Waals surface area contributed by atoms with Crippen molar-refractivity contribution in [3.8, 4) is 0 Å². The van der Waals surface area contributed by atoms with E-state index in [1.807, 2.05) is 56.3 Å². The average Bonchev–Trinajstić information content (AvgIpc) is 2.75. The van der Waals surface area contributed by atoms with Gasteiger partial charge in [0.2, 0.25) is 11.8 Å². The molecular formula is C27H36N2O2. The minimum Gasteiger partial charge on any atom is -0.352 e. The highest BCUT2D eigenvalue weighted by Crippen LogP contribution is 2.20. The van der Waals surface area contributed by atoms with E-state index in [9.17, 15) is 9.59 Å². The maximum absolute atomic E-state index is 13.5. The van der Waals surface area contributed by atoms with Crippen LogP contribution in [0.15, 0.2) is 48.5 Å². The van der Waals surface area contributed by atoms with Crippen LogP contribution in [0.25, 0.3) is 0 Å². The molecule has 1 atom stereocenters. The van der Waals surface area contributed by atoms with Crippen molar-refractivity contribution in [1.29, 1.82) is 0 Å². The van der Waals surface area contributed by atoms with Crippen molar-refractivity contribution in [2.24, 2.45) is 0 Å². The molecule has 166 valence electrons. The van der Waals surface area contributed by atoms with Crippen LogP contribution >= 0.6 is 0 Å². The van der Waals surface area contributed by atoms with Gasteiger partial charge >= 0.3 is 0 Å². The van der Waals surface area contributed by atoms with Gasteiger partial charge in [-0.15, -0.1) is 0 Å². The van der Waals surface area contributed by atoms with Gasteiger partial charge < -0.3 is 10.2 Å². The van der Waals surface area contributed by atoms with E-state index in [2.05, 4.69) is 18.3 Å². The third kappa shape index (κ3) is 6.43. The van der Waals surface area contributed by atoms with Crippen molar-refractivity contribution in [3.05, 3.63) is 70.8 Å². The Kier molecular flexibility index (Phi) is 8.27. The SMILES string of the molecule is CC[C@H](C(=O)NC1CCCCC1)N(Cc1ccccc1C)C(=O)Cc1cccc(C)c1. The number of hydrogen-bond acceptors (Lipinski definition) is 2. The summed E-state index contributed by atoms with van der Waals surface area (Å²) in [6.45, 7) is 6.54. The summed E-state index contributed by atoms with van der Waals surface area (Å²) in [7, 11) is 0. The number of aryl methyl sites for hydroxylation is 2. The molecule has 0 heterocycles. The molecule has 1 aliphatic rings. The van der Waals surface area contributed by atoms with Crippen molar-refractivity contribution in [2.45, 2.75) is 84.3 Å². The largest absolute Gasteiger partial charge is 0.352 e. The summed E-state index contributed by atoms with van der Waals surface area (Å²) in [6.07, 6.45) is 6.57. The number of carbonyl (C=O) groups is 2. The Morgan fingerprint density at radius 3 is 2.45 bits per heavy atom. The highest BCUT2D eigenvalue weighted by Gasteiger charge is 2.30. The van der Waals surface area contributed by atoms with Crippen LogP contribution in [-0.4, -0.2) is 28.8 Å². The Balaban J connectivity index is 1.82. The maximum atomic E-state index is 13.5. The lowest BCUT2D eigenvalue weighted by Crippen LogP contribution is -2.52. The quantitative estimate of drug-likeness (QED) is 0.646. The predicted molar refractivity (Wildman–Crippen MR) is 126 cm³/mol. The van der Waals surface area contributed by atoms with Crippen LogP contribution in [-0.2, 0) is 22.6 Å². The molecule has 4 nitrogen and oxygen atoms in total. The highest BCUT2D eigenvalue weighted by atomic mass is 16.2. The van der Waals surface area contributed by atoms with Crippen LogP contribution in [0, 0.1) is 13.8 Å². The maximum Gasteiger partial charge on any atom is 0.243 e. The lowest BCUT2D eigenvalue weighted by Gasteiger charge is -2.33. The third-order valence-electron chi connectivity index (χ3n) is 6.38. The van der Waals surface area contributed by atoms with Crippen LogP contribution in [0.3, 0.4) is 0 Å². The van der Waals surface area contributed by atoms with E-state index in [1.54, 1.807) is 4.90 Å². The zero-order valence-corrected chi connectivity index (χ0v) is 19.2. The van der Waals surface area contributed by atoms with Gasteiger partial charge in [-0.05, 0) is 49.8 Å². The first-order valence-electron chi connectivity index (χ1n) is 11.7. The molecule has 31 heavy (non-hydrogen) atoms. The Bertz CT molecular complexity index is 886. The van der Waals surface area contributed by atoms with E-state index >= 15 is 0 Å². The van der Waals surface area contributed by atoms with E-state index in [-0.39, 0.29) is 17.9 Å². The molecule has 2 aromatic rings. The number of nitrogens with zero attached hydrogens (tertiary/aromatic N) is 1. The molecule has 1 aliphatic carbocycles. The zero-order chi connectivity index (χ0) is 22.2.